The van der Waals surface area contributed by atoms with Crippen molar-refractivity contribution >= 4 is 23.2 Å². The van der Waals surface area contributed by atoms with Crippen LogP contribution in [-0.2, 0) is 4.79 Å². The van der Waals surface area contributed by atoms with Crippen LogP contribution < -0.4 is 10.6 Å². The SMILES string of the molecule is CCC(C)C(=O)Nc1cccc(NC(=O)c2cc(C#N)c[nH]2)c1C. The number of amides is 2. The van der Waals surface area contributed by atoms with Crippen molar-refractivity contribution in [3.05, 3.63) is 47.3 Å². The maximum absolute atomic E-state index is 12.2. The maximum Gasteiger partial charge on any atom is 0.272 e. The number of rotatable bonds is 5. The maximum atomic E-state index is 12.2. The first-order valence-electron chi connectivity index (χ1n) is 7.76. The molecule has 6 nitrogen and oxygen atoms in total. The molecule has 0 fully saturated rings. The Labute approximate surface area is 140 Å². The first kappa shape index (κ1) is 17.3. The van der Waals surface area contributed by atoms with Gasteiger partial charge < -0.3 is 15.6 Å². The standard InChI is InChI=1S/C18H20N4O2/c1-4-11(2)17(23)21-14-6-5-7-15(12(14)3)22-18(24)16-8-13(9-19)10-20-16/h5-8,10-11,20H,4H2,1-3H3,(H,21,23)(H,22,24). The number of nitriles is 1. The highest BCUT2D eigenvalue weighted by molar-refractivity contribution is 6.04. The van der Waals surface area contributed by atoms with Crippen LogP contribution in [0.25, 0.3) is 0 Å². The van der Waals surface area contributed by atoms with Crippen LogP contribution in [0.15, 0.2) is 30.5 Å². The average molecular weight is 324 g/mol. The molecule has 0 bridgehead atoms. The normalized spacial score (nSPS) is 11.4. The van der Waals surface area contributed by atoms with Crippen molar-refractivity contribution in [1.82, 2.24) is 4.98 Å². The summed E-state index contributed by atoms with van der Waals surface area (Å²) in [5.41, 5.74) is 2.75. The van der Waals surface area contributed by atoms with Crippen molar-refractivity contribution in [2.24, 2.45) is 5.92 Å². The van der Waals surface area contributed by atoms with Gasteiger partial charge in [-0.1, -0.05) is 19.9 Å². The number of aromatic nitrogens is 1. The van der Waals surface area contributed by atoms with Gasteiger partial charge in [0.2, 0.25) is 5.91 Å². The van der Waals surface area contributed by atoms with Gasteiger partial charge in [-0.2, -0.15) is 5.26 Å². The van der Waals surface area contributed by atoms with E-state index in [9.17, 15) is 9.59 Å². The summed E-state index contributed by atoms with van der Waals surface area (Å²) in [6.07, 6.45) is 2.24. The summed E-state index contributed by atoms with van der Waals surface area (Å²) >= 11 is 0. The molecule has 2 aromatic rings. The lowest BCUT2D eigenvalue weighted by Crippen LogP contribution is -2.20. The van der Waals surface area contributed by atoms with Gasteiger partial charge in [-0.15, -0.1) is 0 Å². The van der Waals surface area contributed by atoms with Gasteiger partial charge in [-0.3, -0.25) is 9.59 Å². The van der Waals surface area contributed by atoms with E-state index in [1.54, 1.807) is 18.2 Å². The van der Waals surface area contributed by atoms with E-state index in [0.29, 0.717) is 22.6 Å². The quantitative estimate of drug-likeness (QED) is 0.786. The molecule has 124 valence electrons. The van der Waals surface area contributed by atoms with E-state index in [-0.39, 0.29) is 17.7 Å². The van der Waals surface area contributed by atoms with Gasteiger partial charge in [-0.25, -0.2) is 0 Å². The van der Waals surface area contributed by atoms with Gasteiger partial charge in [0.05, 0.1) is 5.56 Å². The molecule has 1 atom stereocenters. The van der Waals surface area contributed by atoms with Gasteiger partial charge in [-0.05, 0) is 37.1 Å². The van der Waals surface area contributed by atoms with Crippen LogP contribution in [0.4, 0.5) is 11.4 Å². The lowest BCUT2D eigenvalue weighted by atomic mass is 10.1. The molecule has 0 aliphatic rings. The third-order valence-electron chi connectivity index (χ3n) is 3.96. The Morgan fingerprint density at radius 1 is 1.29 bits per heavy atom. The fourth-order valence-corrected chi connectivity index (χ4v) is 2.13. The number of hydrogen-bond donors (Lipinski definition) is 3. The smallest absolute Gasteiger partial charge is 0.272 e. The molecule has 24 heavy (non-hydrogen) atoms. The Balaban J connectivity index is 2.17. The number of carbonyl (C=O) groups excluding carboxylic acids is 2. The molecule has 0 aliphatic carbocycles. The molecule has 1 aromatic carbocycles. The summed E-state index contributed by atoms with van der Waals surface area (Å²) in [7, 11) is 0. The molecule has 0 saturated heterocycles. The second-order valence-electron chi connectivity index (χ2n) is 5.64. The van der Waals surface area contributed by atoms with Crippen LogP contribution in [0.1, 0.15) is 41.9 Å². The third-order valence-corrected chi connectivity index (χ3v) is 3.96. The highest BCUT2D eigenvalue weighted by Gasteiger charge is 2.15. The second-order valence-corrected chi connectivity index (χ2v) is 5.64. The second kappa shape index (κ2) is 7.47. The zero-order valence-electron chi connectivity index (χ0n) is 13.9. The molecule has 1 heterocycles. The molecule has 0 aliphatic heterocycles. The Hall–Kier alpha value is -3.07. The molecule has 0 spiro atoms. The molecule has 0 radical (unpaired) electrons. The van der Waals surface area contributed by atoms with Crippen LogP contribution in [0.5, 0.6) is 0 Å². The average Bonchev–Trinajstić information content (AvgIpc) is 3.06. The van der Waals surface area contributed by atoms with Crippen molar-refractivity contribution < 1.29 is 9.59 Å². The number of H-pyrrole nitrogens is 1. The molecule has 6 heteroatoms. The van der Waals surface area contributed by atoms with E-state index in [4.69, 9.17) is 5.26 Å². The monoisotopic (exact) mass is 324 g/mol. The van der Waals surface area contributed by atoms with Crippen LogP contribution in [0.2, 0.25) is 0 Å². The van der Waals surface area contributed by atoms with Crippen molar-refractivity contribution in [3.8, 4) is 6.07 Å². The van der Waals surface area contributed by atoms with Crippen molar-refractivity contribution in [1.29, 1.82) is 5.26 Å². The Kier molecular flexibility index (Phi) is 5.38. The van der Waals surface area contributed by atoms with Crippen LogP contribution >= 0.6 is 0 Å². The van der Waals surface area contributed by atoms with Crippen molar-refractivity contribution in [2.45, 2.75) is 27.2 Å². The van der Waals surface area contributed by atoms with Gasteiger partial charge in [0.1, 0.15) is 11.8 Å². The minimum Gasteiger partial charge on any atom is -0.356 e. The van der Waals surface area contributed by atoms with Gasteiger partial charge in [0, 0.05) is 23.5 Å². The number of anilines is 2. The topological polar surface area (TPSA) is 97.8 Å². The number of aromatic amines is 1. The van der Waals surface area contributed by atoms with E-state index < -0.39 is 0 Å². The first-order valence-corrected chi connectivity index (χ1v) is 7.76. The third kappa shape index (κ3) is 3.82. The summed E-state index contributed by atoms with van der Waals surface area (Å²) in [5, 5.41) is 14.5. The largest absolute Gasteiger partial charge is 0.356 e. The minimum atomic E-state index is -0.343. The minimum absolute atomic E-state index is 0.0490. The molecule has 2 rings (SSSR count). The predicted octanol–water partition coefficient (Wildman–Crippen LogP) is 3.43. The molecular formula is C18H20N4O2. The fourth-order valence-electron chi connectivity index (χ4n) is 2.13. The lowest BCUT2D eigenvalue weighted by molar-refractivity contribution is -0.119. The summed E-state index contributed by atoms with van der Waals surface area (Å²) < 4.78 is 0. The van der Waals surface area contributed by atoms with Gasteiger partial charge >= 0.3 is 0 Å². The van der Waals surface area contributed by atoms with Gasteiger partial charge in [0.25, 0.3) is 5.91 Å². The number of nitrogens with zero attached hydrogens (tertiary/aromatic N) is 1. The fraction of sp³-hybridized carbons (Fsp3) is 0.278. The molecule has 0 saturated carbocycles. The molecule has 1 unspecified atom stereocenters. The van der Waals surface area contributed by atoms with Crippen molar-refractivity contribution in [3.63, 3.8) is 0 Å². The van der Waals surface area contributed by atoms with Crippen LogP contribution in [0, 0.1) is 24.2 Å². The van der Waals surface area contributed by atoms with E-state index >= 15 is 0 Å². The Morgan fingerprint density at radius 2 is 1.96 bits per heavy atom. The van der Waals surface area contributed by atoms with Crippen molar-refractivity contribution in [2.75, 3.05) is 10.6 Å². The molecule has 1 aromatic heterocycles. The summed E-state index contributed by atoms with van der Waals surface area (Å²) in [5.74, 6) is -0.469. The van der Waals surface area contributed by atoms with Crippen LogP contribution in [-0.4, -0.2) is 16.8 Å². The summed E-state index contributed by atoms with van der Waals surface area (Å²) in [4.78, 5) is 27.1. The lowest BCUT2D eigenvalue weighted by Gasteiger charge is -2.15. The first-order chi connectivity index (χ1) is 11.5. The number of nitrogens with one attached hydrogen (secondary N) is 3. The van der Waals surface area contributed by atoms with E-state index in [1.807, 2.05) is 26.8 Å². The number of hydrogen-bond acceptors (Lipinski definition) is 3. The van der Waals surface area contributed by atoms with Gasteiger partial charge in [0.15, 0.2) is 0 Å². The zero-order valence-corrected chi connectivity index (χ0v) is 13.9. The van der Waals surface area contributed by atoms with Crippen LogP contribution in [0.3, 0.4) is 0 Å². The molecule has 3 N–H and O–H groups in total. The highest BCUT2D eigenvalue weighted by atomic mass is 16.2. The molecular weight excluding hydrogens is 304 g/mol. The molecule has 2 amide bonds. The Morgan fingerprint density at radius 3 is 2.54 bits per heavy atom. The van der Waals surface area contributed by atoms with E-state index in [1.165, 1.54) is 12.3 Å². The zero-order chi connectivity index (χ0) is 17.7. The van der Waals surface area contributed by atoms with E-state index in [0.717, 1.165) is 12.0 Å². The highest BCUT2D eigenvalue weighted by Crippen LogP contribution is 2.24. The summed E-state index contributed by atoms with van der Waals surface area (Å²) in [6, 6.07) is 8.78. The number of carbonyl (C=O) groups is 2. The summed E-state index contributed by atoms with van der Waals surface area (Å²) in [6.45, 7) is 5.66. The van der Waals surface area contributed by atoms with E-state index in [2.05, 4.69) is 15.6 Å². The predicted molar refractivity (Wildman–Crippen MR) is 92.7 cm³/mol. The number of benzene rings is 1. The Bertz CT molecular complexity index is 802.